The molecule has 1 N–H and O–H groups in total. The van der Waals surface area contributed by atoms with Gasteiger partial charge in [0.25, 0.3) is 10.0 Å². The largest absolute Gasteiger partial charge is 0.454 e. The van der Waals surface area contributed by atoms with Crippen molar-refractivity contribution in [1.29, 1.82) is 0 Å². The molecule has 1 heterocycles. The SMILES string of the molecule is CC1(C)C(C(=O)NS(=O)(=O)c2ccc3c(c2)OCO3)C1(C)C. The highest BCUT2D eigenvalue weighted by Gasteiger charge is 2.68. The molecule has 7 heteroatoms. The van der Waals surface area contributed by atoms with E-state index in [0.29, 0.717) is 11.5 Å². The summed E-state index contributed by atoms with van der Waals surface area (Å²) in [6, 6.07) is 4.28. The van der Waals surface area contributed by atoms with Crippen molar-refractivity contribution < 1.29 is 22.7 Å². The van der Waals surface area contributed by atoms with Crippen LogP contribution < -0.4 is 14.2 Å². The van der Waals surface area contributed by atoms with Crippen molar-refractivity contribution in [3.8, 4) is 11.5 Å². The molecule has 120 valence electrons. The summed E-state index contributed by atoms with van der Waals surface area (Å²) in [6.45, 7) is 7.92. The van der Waals surface area contributed by atoms with Crippen molar-refractivity contribution in [3.63, 3.8) is 0 Å². The fraction of sp³-hybridized carbons (Fsp3) is 0.533. The summed E-state index contributed by atoms with van der Waals surface area (Å²) in [5.74, 6) is 0.0635. The van der Waals surface area contributed by atoms with Crippen LogP contribution in [-0.2, 0) is 14.8 Å². The first kappa shape index (κ1) is 15.1. The number of sulfonamides is 1. The minimum absolute atomic E-state index is 0.0126. The van der Waals surface area contributed by atoms with Crippen LogP contribution in [0.3, 0.4) is 0 Å². The van der Waals surface area contributed by atoms with Gasteiger partial charge < -0.3 is 9.47 Å². The Morgan fingerprint density at radius 3 is 2.32 bits per heavy atom. The number of rotatable bonds is 3. The molecule has 1 aliphatic carbocycles. The Morgan fingerprint density at radius 2 is 1.73 bits per heavy atom. The molecule has 6 nitrogen and oxygen atoms in total. The highest BCUT2D eigenvalue weighted by Crippen LogP contribution is 2.68. The van der Waals surface area contributed by atoms with Crippen LogP contribution in [0.5, 0.6) is 11.5 Å². The van der Waals surface area contributed by atoms with Gasteiger partial charge in [-0.15, -0.1) is 0 Å². The average molecular weight is 325 g/mol. The molecule has 0 radical (unpaired) electrons. The maximum absolute atomic E-state index is 12.4. The molecule has 2 aliphatic rings. The smallest absolute Gasteiger partial charge is 0.264 e. The number of nitrogens with one attached hydrogen (secondary N) is 1. The number of hydrogen-bond donors (Lipinski definition) is 1. The molecule has 0 atom stereocenters. The van der Waals surface area contributed by atoms with E-state index in [4.69, 9.17) is 9.47 Å². The summed E-state index contributed by atoms with van der Waals surface area (Å²) in [5.41, 5.74) is -0.441. The number of carbonyl (C=O) groups is 1. The number of carbonyl (C=O) groups excluding carboxylic acids is 1. The van der Waals surface area contributed by atoms with Crippen LogP contribution in [-0.4, -0.2) is 21.1 Å². The van der Waals surface area contributed by atoms with Gasteiger partial charge in [0.1, 0.15) is 0 Å². The Labute approximate surface area is 129 Å². The number of fused-ring (bicyclic) bond motifs is 1. The van der Waals surface area contributed by atoms with Crippen LogP contribution in [0, 0.1) is 16.7 Å². The van der Waals surface area contributed by atoms with E-state index < -0.39 is 15.9 Å². The zero-order valence-corrected chi connectivity index (χ0v) is 13.8. The van der Waals surface area contributed by atoms with Gasteiger partial charge in [-0.2, -0.15) is 0 Å². The topological polar surface area (TPSA) is 81.7 Å². The maximum Gasteiger partial charge on any atom is 0.264 e. The lowest BCUT2D eigenvalue weighted by atomic mass is 10.0. The lowest BCUT2D eigenvalue weighted by Gasteiger charge is -2.08. The van der Waals surface area contributed by atoms with Gasteiger partial charge >= 0.3 is 0 Å². The molecule has 1 saturated carbocycles. The zero-order valence-electron chi connectivity index (χ0n) is 13.0. The minimum atomic E-state index is -3.92. The van der Waals surface area contributed by atoms with Gasteiger partial charge in [0.15, 0.2) is 11.5 Å². The number of ether oxygens (including phenoxy) is 2. The van der Waals surface area contributed by atoms with E-state index in [9.17, 15) is 13.2 Å². The van der Waals surface area contributed by atoms with Gasteiger partial charge in [-0.25, -0.2) is 13.1 Å². The maximum atomic E-state index is 12.4. The number of hydrogen-bond acceptors (Lipinski definition) is 5. The van der Waals surface area contributed by atoms with Crippen LogP contribution in [0.2, 0.25) is 0 Å². The Morgan fingerprint density at radius 1 is 1.14 bits per heavy atom. The van der Waals surface area contributed by atoms with E-state index in [1.165, 1.54) is 18.2 Å². The van der Waals surface area contributed by atoms with Crippen molar-refractivity contribution in [1.82, 2.24) is 4.72 Å². The molecule has 1 aromatic carbocycles. The highest BCUT2D eigenvalue weighted by molar-refractivity contribution is 7.90. The van der Waals surface area contributed by atoms with Crippen molar-refractivity contribution in [3.05, 3.63) is 18.2 Å². The van der Waals surface area contributed by atoms with E-state index in [0.717, 1.165) is 0 Å². The molecule has 0 saturated heterocycles. The Bertz CT molecular complexity index is 737. The third-order valence-corrected chi connectivity index (χ3v) is 6.52. The normalized spacial score (nSPS) is 21.5. The quantitative estimate of drug-likeness (QED) is 0.918. The summed E-state index contributed by atoms with van der Waals surface area (Å²) in [5, 5.41) is 0. The Kier molecular flexibility index (Phi) is 3.01. The highest BCUT2D eigenvalue weighted by atomic mass is 32.2. The molecule has 1 aliphatic heterocycles. The van der Waals surface area contributed by atoms with Gasteiger partial charge in [-0.3, -0.25) is 4.79 Å². The second-order valence-corrected chi connectivity index (χ2v) is 8.54. The summed E-state index contributed by atoms with van der Waals surface area (Å²) < 4.78 is 37.2. The molecule has 0 unspecified atom stereocenters. The van der Waals surface area contributed by atoms with Gasteiger partial charge in [0.05, 0.1) is 10.8 Å². The molecule has 1 amide bonds. The lowest BCUT2D eigenvalue weighted by Crippen LogP contribution is -2.33. The molecule has 1 fully saturated rings. The van der Waals surface area contributed by atoms with Crippen molar-refractivity contribution in [2.75, 3.05) is 6.79 Å². The van der Waals surface area contributed by atoms with E-state index in [-0.39, 0.29) is 28.4 Å². The molecule has 1 aromatic rings. The van der Waals surface area contributed by atoms with Gasteiger partial charge in [0, 0.05) is 6.07 Å². The standard InChI is InChI=1S/C15H19NO5S/c1-14(2)12(15(14,3)4)13(17)16-22(18,19)9-5-6-10-11(7-9)21-8-20-10/h5-7,12H,8H2,1-4H3,(H,16,17). The summed E-state index contributed by atoms with van der Waals surface area (Å²) in [4.78, 5) is 12.3. The van der Waals surface area contributed by atoms with E-state index >= 15 is 0 Å². The van der Waals surface area contributed by atoms with Gasteiger partial charge in [-0.05, 0) is 23.0 Å². The molecule has 0 spiro atoms. The molecule has 0 bridgehead atoms. The van der Waals surface area contributed by atoms with E-state index in [1.54, 1.807) is 0 Å². The predicted molar refractivity (Wildman–Crippen MR) is 78.9 cm³/mol. The van der Waals surface area contributed by atoms with Crippen molar-refractivity contribution in [2.45, 2.75) is 32.6 Å². The van der Waals surface area contributed by atoms with Gasteiger partial charge in [0.2, 0.25) is 12.7 Å². The molecule has 22 heavy (non-hydrogen) atoms. The van der Waals surface area contributed by atoms with Crippen LogP contribution in [0.15, 0.2) is 23.1 Å². The molecular weight excluding hydrogens is 306 g/mol. The van der Waals surface area contributed by atoms with Crippen LogP contribution in [0.25, 0.3) is 0 Å². The second kappa shape index (κ2) is 4.38. The number of amides is 1. The third kappa shape index (κ3) is 2.06. The minimum Gasteiger partial charge on any atom is -0.454 e. The summed E-state index contributed by atoms with van der Waals surface area (Å²) >= 11 is 0. The summed E-state index contributed by atoms with van der Waals surface area (Å²) in [7, 11) is -3.92. The first-order chi connectivity index (χ1) is 10.1. The molecule has 3 rings (SSSR count). The number of benzene rings is 1. The predicted octanol–water partition coefficient (Wildman–Crippen LogP) is 1.90. The Hall–Kier alpha value is -1.76. The van der Waals surface area contributed by atoms with Crippen molar-refractivity contribution in [2.24, 2.45) is 16.7 Å². The average Bonchev–Trinajstić information content (AvgIpc) is 2.75. The van der Waals surface area contributed by atoms with Crippen LogP contribution >= 0.6 is 0 Å². The lowest BCUT2D eigenvalue weighted by molar-refractivity contribution is -0.121. The van der Waals surface area contributed by atoms with E-state index in [1.807, 2.05) is 27.7 Å². The fourth-order valence-electron chi connectivity index (χ4n) is 3.15. The fourth-order valence-corrected chi connectivity index (χ4v) is 4.16. The van der Waals surface area contributed by atoms with E-state index in [2.05, 4.69) is 4.72 Å². The summed E-state index contributed by atoms with van der Waals surface area (Å²) in [6.07, 6.45) is 0. The zero-order chi connectivity index (χ0) is 16.3. The van der Waals surface area contributed by atoms with Gasteiger partial charge in [-0.1, -0.05) is 27.7 Å². The second-order valence-electron chi connectivity index (χ2n) is 6.86. The first-order valence-corrected chi connectivity index (χ1v) is 8.52. The third-order valence-electron chi connectivity index (χ3n) is 5.17. The first-order valence-electron chi connectivity index (χ1n) is 7.04. The molecular formula is C15H19NO5S. The van der Waals surface area contributed by atoms with Crippen LogP contribution in [0.4, 0.5) is 0 Å². The molecule has 0 aromatic heterocycles. The van der Waals surface area contributed by atoms with Crippen LogP contribution in [0.1, 0.15) is 27.7 Å². The monoisotopic (exact) mass is 325 g/mol. The Balaban J connectivity index is 1.82. The van der Waals surface area contributed by atoms with Crippen molar-refractivity contribution >= 4 is 15.9 Å².